The fourth-order valence-corrected chi connectivity index (χ4v) is 2.25. The molecule has 1 aromatic carbocycles. The molecular formula is C12H13BrN2. The predicted octanol–water partition coefficient (Wildman–Crippen LogP) is 3.45. The third-order valence-corrected chi connectivity index (χ3v) is 3.22. The quantitative estimate of drug-likeness (QED) is 0.857. The second-order valence-electron chi connectivity index (χ2n) is 3.64. The van der Waals surface area contributed by atoms with Crippen LogP contribution in [0.15, 0.2) is 22.7 Å². The van der Waals surface area contributed by atoms with E-state index in [1.54, 1.807) is 0 Å². The molecule has 2 nitrogen and oxygen atoms in total. The summed E-state index contributed by atoms with van der Waals surface area (Å²) in [5.41, 5.74) is 10.0. The number of benzene rings is 1. The van der Waals surface area contributed by atoms with Gasteiger partial charge in [0.15, 0.2) is 0 Å². The number of aromatic nitrogens is 1. The summed E-state index contributed by atoms with van der Waals surface area (Å²) in [4.78, 5) is 4.60. The van der Waals surface area contributed by atoms with Crippen LogP contribution in [-0.2, 0) is 6.42 Å². The van der Waals surface area contributed by atoms with Gasteiger partial charge in [-0.3, -0.25) is 4.98 Å². The van der Waals surface area contributed by atoms with Crippen molar-refractivity contribution in [1.29, 1.82) is 0 Å². The van der Waals surface area contributed by atoms with Gasteiger partial charge in [0.2, 0.25) is 0 Å². The number of nitrogens with two attached hydrogens (primary N) is 1. The fourth-order valence-electron chi connectivity index (χ4n) is 1.70. The highest BCUT2D eigenvalue weighted by atomic mass is 79.9. The van der Waals surface area contributed by atoms with Gasteiger partial charge in [0.1, 0.15) is 0 Å². The Labute approximate surface area is 97.6 Å². The summed E-state index contributed by atoms with van der Waals surface area (Å²) in [6, 6.07) is 6.02. The van der Waals surface area contributed by atoms with Crippen LogP contribution in [0.3, 0.4) is 0 Å². The van der Waals surface area contributed by atoms with Crippen molar-refractivity contribution >= 4 is 32.5 Å². The first kappa shape index (κ1) is 10.4. The molecule has 0 aliphatic heterocycles. The molecule has 0 saturated heterocycles. The summed E-state index contributed by atoms with van der Waals surface area (Å²) in [6.07, 6.45) is 0.909. The molecule has 0 saturated carbocycles. The Kier molecular flexibility index (Phi) is 2.65. The molecule has 1 heterocycles. The third kappa shape index (κ3) is 1.72. The lowest BCUT2D eigenvalue weighted by atomic mass is 10.1. The molecule has 0 aliphatic rings. The van der Waals surface area contributed by atoms with E-state index in [1.165, 1.54) is 0 Å². The van der Waals surface area contributed by atoms with Gasteiger partial charge in [-0.15, -0.1) is 0 Å². The van der Waals surface area contributed by atoms with E-state index in [0.717, 1.165) is 38.7 Å². The minimum absolute atomic E-state index is 0.799. The number of hydrogen-bond donors (Lipinski definition) is 1. The average Bonchev–Trinajstić information content (AvgIpc) is 2.23. The normalized spacial score (nSPS) is 10.9. The highest BCUT2D eigenvalue weighted by Gasteiger charge is 2.07. The minimum Gasteiger partial charge on any atom is -0.398 e. The van der Waals surface area contributed by atoms with Gasteiger partial charge in [-0.2, -0.15) is 0 Å². The maximum Gasteiger partial charge on any atom is 0.0766 e. The van der Waals surface area contributed by atoms with Crippen LogP contribution in [0.4, 0.5) is 5.69 Å². The summed E-state index contributed by atoms with van der Waals surface area (Å²) in [7, 11) is 0. The first-order valence-corrected chi connectivity index (χ1v) is 5.77. The van der Waals surface area contributed by atoms with Crippen molar-refractivity contribution in [2.24, 2.45) is 0 Å². The zero-order valence-electron chi connectivity index (χ0n) is 8.84. The number of halogens is 1. The molecule has 0 aliphatic carbocycles. The van der Waals surface area contributed by atoms with Gasteiger partial charge in [0, 0.05) is 21.2 Å². The van der Waals surface area contributed by atoms with Crippen molar-refractivity contribution in [2.75, 3.05) is 5.73 Å². The number of anilines is 1. The highest BCUT2D eigenvalue weighted by molar-refractivity contribution is 9.10. The number of rotatable bonds is 1. The third-order valence-electron chi connectivity index (χ3n) is 2.56. The Morgan fingerprint density at radius 2 is 2.13 bits per heavy atom. The van der Waals surface area contributed by atoms with Gasteiger partial charge < -0.3 is 5.73 Å². The Morgan fingerprint density at radius 1 is 1.40 bits per heavy atom. The smallest absolute Gasteiger partial charge is 0.0766 e. The summed E-state index contributed by atoms with van der Waals surface area (Å²) < 4.78 is 1.01. The van der Waals surface area contributed by atoms with Crippen molar-refractivity contribution < 1.29 is 0 Å². The average molecular weight is 265 g/mol. The molecule has 78 valence electrons. The van der Waals surface area contributed by atoms with E-state index >= 15 is 0 Å². The van der Waals surface area contributed by atoms with Crippen molar-refractivity contribution in [1.82, 2.24) is 4.98 Å². The van der Waals surface area contributed by atoms with Gasteiger partial charge >= 0.3 is 0 Å². The lowest BCUT2D eigenvalue weighted by molar-refractivity contribution is 1.06. The maximum absolute atomic E-state index is 6.03. The molecule has 2 aromatic rings. The molecule has 0 spiro atoms. The summed E-state index contributed by atoms with van der Waals surface area (Å²) in [6.45, 7) is 4.14. The predicted molar refractivity (Wildman–Crippen MR) is 68.0 cm³/mol. The second kappa shape index (κ2) is 3.81. The number of nitrogen functional groups attached to an aromatic ring is 1. The van der Waals surface area contributed by atoms with Crippen molar-refractivity contribution in [3.8, 4) is 0 Å². The summed E-state index contributed by atoms with van der Waals surface area (Å²) in [5.74, 6) is 0. The maximum atomic E-state index is 6.03. The Morgan fingerprint density at radius 3 is 2.80 bits per heavy atom. The standard InChI is InChI=1S/C12H13BrN2/c1-3-8-6-10(14)11-9(13)5-4-7(2)12(11)15-8/h4-6H,3H2,1-2H3,(H2,14,15). The molecule has 1 aromatic heterocycles. The molecule has 0 bridgehead atoms. The lowest BCUT2D eigenvalue weighted by Crippen LogP contribution is -1.96. The largest absolute Gasteiger partial charge is 0.398 e. The monoisotopic (exact) mass is 264 g/mol. The number of fused-ring (bicyclic) bond motifs is 1. The number of nitrogens with zero attached hydrogens (tertiary/aromatic N) is 1. The van der Waals surface area contributed by atoms with Gasteiger partial charge in [0.05, 0.1) is 5.52 Å². The lowest BCUT2D eigenvalue weighted by Gasteiger charge is -2.08. The zero-order valence-corrected chi connectivity index (χ0v) is 10.4. The molecular weight excluding hydrogens is 252 g/mol. The molecule has 0 amide bonds. The first-order chi connectivity index (χ1) is 7.13. The van der Waals surface area contributed by atoms with Crippen molar-refractivity contribution in [3.63, 3.8) is 0 Å². The fraction of sp³-hybridized carbons (Fsp3) is 0.250. The van der Waals surface area contributed by atoms with E-state index in [-0.39, 0.29) is 0 Å². The van der Waals surface area contributed by atoms with E-state index < -0.39 is 0 Å². The van der Waals surface area contributed by atoms with E-state index in [2.05, 4.69) is 40.8 Å². The Hall–Kier alpha value is -1.09. The molecule has 0 fully saturated rings. The second-order valence-corrected chi connectivity index (χ2v) is 4.50. The van der Waals surface area contributed by atoms with Crippen LogP contribution in [0.5, 0.6) is 0 Å². The molecule has 2 N–H and O–H groups in total. The summed E-state index contributed by atoms with van der Waals surface area (Å²) >= 11 is 3.51. The van der Waals surface area contributed by atoms with Crippen LogP contribution < -0.4 is 5.73 Å². The number of hydrogen-bond acceptors (Lipinski definition) is 2. The van der Waals surface area contributed by atoms with Crippen LogP contribution in [0.25, 0.3) is 10.9 Å². The van der Waals surface area contributed by atoms with Crippen LogP contribution in [0, 0.1) is 6.92 Å². The molecule has 15 heavy (non-hydrogen) atoms. The van der Waals surface area contributed by atoms with Crippen LogP contribution in [-0.4, -0.2) is 4.98 Å². The Bertz CT molecular complexity index is 521. The van der Waals surface area contributed by atoms with Gasteiger partial charge in [-0.25, -0.2) is 0 Å². The zero-order chi connectivity index (χ0) is 11.0. The van der Waals surface area contributed by atoms with Crippen LogP contribution >= 0.6 is 15.9 Å². The topological polar surface area (TPSA) is 38.9 Å². The van der Waals surface area contributed by atoms with Crippen LogP contribution in [0.2, 0.25) is 0 Å². The summed E-state index contributed by atoms with van der Waals surface area (Å²) in [5, 5.41) is 1.02. The van der Waals surface area contributed by atoms with E-state index in [9.17, 15) is 0 Å². The van der Waals surface area contributed by atoms with Crippen LogP contribution in [0.1, 0.15) is 18.2 Å². The van der Waals surface area contributed by atoms with Crippen molar-refractivity contribution in [2.45, 2.75) is 20.3 Å². The van der Waals surface area contributed by atoms with E-state index in [4.69, 9.17) is 5.73 Å². The molecule has 0 radical (unpaired) electrons. The van der Waals surface area contributed by atoms with Gasteiger partial charge in [-0.1, -0.05) is 28.9 Å². The minimum atomic E-state index is 0.799. The first-order valence-electron chi connectivity index (χ1n) is 4.97. The molecule has 0 atom stereocenters. The molecule has 0 unspecified atom stereocenters. The SMILES string of the molecule is CCc1cc(N)c2c(Br)ccc(C)c2n1. The molecule has 3 heteroatoms. The number of aryl methyl sites for hydroxylation is 2. The van der Waals surface area contributed by atoms with Gasteiger partial charge in [-0.05, 0) is 31.0 Å². The number of pyridine rings is 1. The molecule has 2 rings (SSSR count). The Balaban J connectivity index is 2.90. The van der Waals surface area contributed by atoms with Crippen molar-refractivity contribution in [3.05, 3.63) is 33.9 Å². The van der Waals surface area contributed by atoms with Gasteiger partial charge in [0.25, 0.3) is 0 Å². The van der Waals surface area contributed by atoms with E-state index in [0.29, 0.717) is 0 Å². The van der Waals surface area contributed by atoms with E-state index in [1.807, 2.05) is 12.1 Å². The highest BCUT2D eigenvalue weighted by Crippen LogP contribution is 2.30.